The van der Waals surface area contributed by atoms with Gasteiger partial charge in [0.2, 0.25) is 0 Å². The predicted molar refractivity (Wildman–Crippen MR) is 89.6 cm³/mol. The Labute approximate surface area is 136 Å². The molecule has 0 radical (unpaired) electrons. The second kappa shape index (κ2) is 7.89. The lowest BCUT2D eigenvalue weighted by atomic mass is 9.87. The minimum absolute atomic E-state index is 0.119. The first-order valence-electron chi connectivity index (χ1n) is 7.72. The number of aliphatic hydroxyl groups excluding tert-OH is 1. The highest BCUT2D eigenvalue weighted by atomic mass is 32.1. The van der Waals surface area contributed by atoms with Crippen molar-refractivity contribution >= 4 is 17.3 Å². The van der Waals surface area contributed by atoms with Gasteiger partial charge >= 0.3 is 0 Å². The van der Waals surface area contributed by atoms with Gasteiger partial charge in [0.1, 0.15) is 0 Å². The summed E-state index contributed by atoms with van der Waals surface area (Å²) in [7, 11) is 0. The Morgan fingerprint density at radius 2 is 2.18 bits per heavy atom. The molecule has 0 bridgehead atoms. The van der Waals surface area contributed by atoms with Crippen LogP contribution in [0.25, 0.3) is 0 Å². The van der Waals surface area contributed by atoms with Gasteiger partial charge < -0.3 is 20.5 Å². The standard InChI is InChI=1S/C15H26N4O2S/c1-4-16-14(18-7-15(8-20)9-21-10-15)17-6-5-13-19-11(2)12(3)22-13/h20H,4-10H2,1-3H3,(H2,16,17,18). The lowest BCUT2D eigenvalue weighted by molar-refractivity contribution is -0.130. The third-order valence-corrected chi connectivity index (χ3v) is 4.91. The van der Waals surface area contributed by atoms with E-state index in [4.69, 9.17) is 4.74 Å². The molecule has 2 heterocycles. The van der Waals surface area contributed by atoms with E-state index in [2.05, 4.69) is 27.5 Å². The van der Waals surface area contributed by atoms with Gasteiger partial charge in [0.25, 0.3) is 0 Å². The van der Waals surface area contributed by atoms with Gasteiger partial charge in [-0.05, 0) is 20.8 Å². The first-order chi connectivity index (χ1) is 10.6. The van der Waals surface area contributed by atoms with Gasteiger partial charge in [0, 0.05) is 24.4 Å². The van der Waals surface area contributed by atoms with Gasteiger partial charge in [-0.2, -0.15) is 0 Å². The van der Waals surface area contributed by atoms with Crippen LogP contribution in [-0.2, 0) is 11.2 Å². The quantitative estimate of drug-likeness (QED) is 0.512. The molecule has 3 N–H and O–H groups in total. The normalized spacial score (nSPS) is 17.2. The summed E-state index contributed by atoms with van der Waals surface area (Å²) in [5.74, 6) is 0.784. The molecule has 0 aromatic carbocycles. The number of nitrogens with zero attached hydrogens (tertiary/aromatic N) is 2. The molecule has 1 aromatic rings. The molecule has 22 heavy (non-hydrogen) atoms. The molecule has 6 nitrogen and oxygen atoms in total. The van der Waals surface area contributed by atoms with Crippen LogP contribution >= 0.6 is 11.3 Å². The van der Waals surface area contributed by atoms with Crippen molar-refractivity contribution in [2.24, 2.45) is 10.4 Å². The van der Waals surface area contributed by atoms with E-state index in [0.29, 0.717) is 19.8 Å². The maximum Gasteiger partial charge on any atom is 0.191 e. The monoisotopic (exact) mass is 326 g/mol. The number of hydrogen-bond acceptors (Lipinski definition) is 5. The molecule has 7 heteroatoms. The van der Waals surface area contributed by atoms with Crippen molar-refractivity contribution in [1.29, 1.82) is 0 Å². The fourth-order valence-electron chi connectivity index (χ4n) is 2.15. The van der Waals surface area contributed by atoms with Crippen LogP contribution in [0.15, 0.2) is 4.99 Å². The second-order valence-electron chi connectivity index (χ2n) is 5.77. The van der Waals surface area contributed by atoms with E-state index >= 15 is 0 Å². The van der Waals surface area contributed by atoms with Crippen LogP contribution in [0.2, 0.25) is 0 Å². The lowest BCUT2D eigenvalue weighted by Gasteiger charge is -2.38. The Bertz CT molecular complexity index is 487. The lowest BCUT2D eigenvalue weighted by Crippen LogP contribution is -2.49. The van der Waals surface area contributed by atoms with E-state index in [9.17, 15) is 5.11 Å². The third kappa shape index (κ3) is 4.41. The SMILES string of the molecule is CCNC(=NCC1(CO)COC1)NCCc1nc(C)c(C)s1. The number of aryl methyl sites for hydroxylation is 2. The summed E-state index contributed by atoms with van der Waals surface area (Å²) in [6.07, 6.45) is 0.887. The summed E-state index contributed by atoms with van der Waals surface area (Å²) in [4.78, 5) is 10.4. The van der Waals surface area contributed by atoms with E-state index < -0.39 is 0 Å². The van der Waals surface area contributed by atoms with Gasteiger partial charge in [-0.15, -0.1) is 11.3 Å². The highest BCUT2D eigenvalue weighted by Gasteiger charge is 2.37. The largest absolute Gasteiger partial charge is 0.396 e. The highest BCUT2D eigenvalue weighted by molar-refractivity contribution is 7.11. The molecule has 1 fully saturated rings. The zero-order valence-corrected chi connectivity index (χ0v) is 14.4. The smallest absolute Gasteiger partial charge is 0.191 e. The second-order valence-corrected chi connectivity index (χ2v) is 7.06. The number of thiazole rings is 1. The number of ether oxygens (including phenoxy) is 1. The van der Waals surface area contributed by atoms with E-state index in [-0.39, 0.29) is 12.0 Å². The summed E-state index contributed by atoms with van der Waals surface area (Å²) in [5.41, 5.74) is 0.932. The first-order valence-corrected chi connectivity index (χ1v) is 8.54. The van der Waals surface area contributed by atoms with Crippen LogP contribution < -0.4 is 10.6 Å². The Hall–Kier alpha value is -1.18. The van der Waals surface area contributed by atoms with Crippen molar-refractivity contribution in [2.75, 3.05) is 39.5 Å². The first kappa shape index (κ1) is 17.2. The molecular weight excluding hydrogens is 300 g/mol. The molecule has 1 aromatic heterocycles. The Kier molecular flexibility index (Phi) is 6.16. The van der Waals surface area contributed by atoms with Crippen molar-refractivity contribution < 1.29 is 9.84 Å². The van der Waals surface area contributed by atoms with Gasteiger partial charge in [-0.1, -0.05) is 0 Å². The summed E-state index contributed by atoms with van der Waals surface area (Å²) < 4.78 is 5.20. The average molecular weight is 326 g/mol. The molecule has 0 unspecified atom stereocenters. The molecule has 1 saturated heterocycles. The van der Waals surface area contributed by atoms with Crippen LogP contribution in [0.4, 0.5) is 0 Å². The summed E-state index contributed by atoms with van der Waals surface area (Å²) in [6.45, 7) is 9.66. The maximum absolute atomic E-state index is 9.44. The minimum atomic E-state index is -0.189. The van der Waals surface area contributed by atoms with E-state index in [1.807, 2.05) is 13.8 Å². The number of aliphatic hydroxyl groups is 1. The zero-order valence-electron chi connectivity index (χ0n) is 13.6. The van der Waals surface area contributed by atoms with Crippen molar-refractivity contribution in [3.05, 3.63) is 15.6 Å². The maximum atomic E-state index is 9.44. The van der Waals surface area contributed by atoms with Gasteiger partial charge in [0.05, 0.1) is 42.5 Å². The number of nitrogens with one attached hydrogen (secondary N) is 2. The average Bonchev–Trinajstić information content (AvgIpc) is 2.77. The Balaban J connectivity index is 1.83. The summed E-state index contributed by atoms with van der Waals surface area (Å²) in [5, 5.41) is 17.1. The topological polar surface area (TPSA) is 78.8 Å². The number of hydrogen-bond donors (Lipinski definition) is 3. The van der Waals surface area contributed by atoms with Gasteiger partial charge in [0.15, 0.2) is 5.96 Å². The van der Waals surface area contributed by atoms with Crippen LogP contribution in [0.3, 0.4) is 0 Å². The number of aliphatic imine (C=N–C) groups is 1. The molecule has 0 atom stereocenters. The molecule has 2 rings (SSSR count). The van der Waals surface area contributed by atoms with Gasteiger partial charge in [-0.3, -0.25) is 4.99 Å². The highest BCUT2D eigenvalue weighted by Crippen LogP contribution is 2.26. The van der Waals surface area contributed by atoms with Crippen molar-refractivity contribution in [3.8, 4) is 0 Å². The van der Waals surface area contributed by atoms with Crippen molar-refractivity contribution in [1.82, 2.24) is 15.6 Å². The summed E-state index contributed by atoms with van der Waals surface area (Å²) >= 11 is 1.75. The fraction of sp³-hybridized carbons (Fsp3) is 0.733. The molecule has 124 valence electrons. The molecular formula is C15H26N4O2S. The van der Waals surface area contributed by atoms with E-state index in [1.54, 1.807) is 11.3 Å². The molecule has 0 aliphatic carbocycles. The van der Waals surface area contributed by atoms with Crippen LogP contribution in [0, 0.1) is 19.3 Å². The molecule has 1 aliphatic heterocycles. The number of guanidine groups is 1. The molecule has 1 aliphatic rings. The number of rotatable bonds is 7. The fourth-order valence-corrected chi connectivity index (χ4v) is 3.08. The number of aromatic nitrogens is 1. The van der Waals surface area contributed by atoms with Crippen LogP contribution in [-0.4, -0.2) is 55.5 Å². The predicted octanol–water partition coefficient (Wildman–Crippen LogP) is 0.866. The van der Waals surface area contributed by atoms with Crippen LogP contribution in [0.5, 0.6) is 0 Å². The van der Waals surface area contributed by atoms with Gasteiger partial charge in [-0.25, -0.2) is 4.98 Å². The zero-order chi connectivity index (χ0) is 16.0. The van der Waals surface area contributed by atoms with Crippen LogP contribution in [0.1, 0.15) is 22.5 Å². The van der Waals surface area contributed by atoms with Crippen molar-refractivity contribution in [2.45, 2.75) is 27.2 Å². The Morgan fingerprint density at radius 1 is 1.41 bits per heavy atom. The van der Waals surface area contributed by atoms with E-state index in [1.165, 1.54) is 4.88 Å². The molecule has 0 amide bonds. The minimum Gasteiger partial charge on any atom is -0.396 e. The van der Waals surface area contributed by atoms with E-state index in [0.717, 1.165) is 36.2 Å². The third-order valence-electron chi connectivity index (χ3n) is 3.77. The summed E-state index contributed by atoms with van der Waals surface area (Å²) in [6, 6.07) is 0. The molecule has 0 spiro atoms. The molecule has 0 saturated carbocycles. The van der Waals surface area contributed by atoms with Crippen molar-refractivity contribution in [3.63, 3.8) is 0 Å². The Morgan fingerprint density at radius 3 is 2.68 bits per heavy atom.